The topological polar surface area (TPSA) is 87.7 Å². The maximum atomic E-state index is 12.0. The fraction of sp³-hybridized carbons (Fsp3) is 0.600. The van der Waals surface area contributed by atoms with Crippen molar-refractivity contribution in [3.8, 4) is 0 Å². The lowest BCUT2D eigenvalue weighted by Gasteiger charge is -2.29. The molecule has 1 fully saturated rings. The van der Waals surface area contributed by atoms with Gasteiger partial charge < -0.3 is 20.5 Å². The number of hydrogen-bond acceptors (Lipinski definition) is 4. The van der Waals surface area contributed by atoms with Crippen LogP contribution in [0.4, 0.5) is 10.5 Å². The standard InChI is InChI=1S/C20H29BrN2O4/c1-20(2,3)27-19(26)23-17(18(24)25)12-16(13-6-4-5-7-13)22-15-10-8-14(21)9-11-15/h8-11,13,16-17,22H,4-7,12H2,1-3H3,(H,23,26)(H,24,25)/t16?,17-/m0/s1. The van der Waals surface area contributed by atoms with Crippen molar-refractivity contribution in [3.05, 3.63) is 28.7 Å². The van der Waals surface area contributed by atoms with E-state index in [-0.39, 0.29) is 6.04 Å². The number of nitrogens with one attached hydrogen (secondary N) is 2. The Bertz CT molecular complexity index is 636. The lowest BCUT2D eigenvalue weighted by atomic mass is 9.92. The summed E-state index contributed by atoms with van der Waals surface area (Å²) < 4.78 is 6.20. The molecule has 3 N–H and O–H groups in total. The molecule has 0 heterocycles. The summed E-state index contributed by atoms with van der Waals surface area (Å²) in [6.45, 7) is 5.25. The maximum absolute atomic E-state index is 12.0. The quantitative estimate of drug-likeness (QED) is 0.567. The van der Waals surface area contributed by atoms with Gasteiger partial charge in [-0.15, -0.1) is 0 Å². The van der Waals surface area contributed by atoms with E-state index in [1.54, 1.807) is 20.8 Å². The summed E-state index contributed by atoms with van der Waals surface area (Å²) in [5, 5.41) is 15.6. The molecule has 1 aliphatic rings. The molecule has 0 aliphatic heterocycles. The van der Waals surface area contributed by atoms with Crippen LogP contribution < -0.4 is 10.6 Å². The zero-order valence-electron chi connectivity index (χ0n) is 16.1. The number of carbonyl (C=O) groups excluding carboxylic acids is 1. The van der Waals surface area contributed by atoms with Crippen molar-refractivity contribution < 1.29 is 19.4 Å². The summed E-state index contributed by atoms with van der Waals surface area (Å²) in [5.41, 5.74) is 0.268. The molecule has 2 rings (SSSR count). The summed E-state index contributed by atoms with van der Waals surface area (Å²) in [5.74, 6) is -0.669. The molecule has 0 aromatic heterocycles. The Labute approximate surface area is 169 Å². The number of halogens is 1. The van der Waals surface area contributed by atoms with Gasteiger partial charge in [-0.3, -0.25) is 0 Å². The molecule has 0 spiro atoms. The molecule has 1 aliphatic carbocycles. The number of amides is 1. The van der Waals surface area contributed by atoms with E-state index in [4.69, 9.17) is 4.74 Å². The van der Waals surface area contributed by atoms with Gasteiger partial charge in [-0.2, -0.15) is 0 Å². The number of anilines is 1. The number of carbonyl (C=O) groups is 2. The Morgan fingerprint density at radius 3 is 2.33 bits per heavy atom. The average Bonchev–Trinajstić information content (AvgIpc) is 3.08. The van der Waals surface area contributed by atoms with Gasteiger partial charge in [0.05, 0.1) is 0 Å². The smallest absolute Gasteiger partial charge is 0.408 e. The van der Waals surface area contributed by atoms with Crippen LogP contribution in [0.1, 0.15) is 52.9 Å². The van der Waals surface area contributed by atoms with Gasteiger partial charge in [0.1, 0.15) is 11.6 Å². The third-order valence-electron chi connectivity index (χ3n) is 4.64. The Balaban J connectivity index is 2.09. The van der Waals surface area contributed by atoms with Crippen LogP contribution in [0.5, 0.6) is 0 Å². The van der Waals surface area contributed by atoms with E-state index < -0.39 is 23.7 Å². The second-order valence-corrected chi connectivity index (χ2v) is 8.99. The average molecular weight is 441 g/mol. The lowest BCUT2D eigenvalue weighted by Crippen LogP contribution is -2.47. The van der Waals surface area contributed by atoms with E-state index in [0.29, 0.717) is 12.3 Å². The van der Waals surface area contributed by atoms with Gasteiger partial charge >= 0.3 is 12.1 Å². The Hall–Kier alpha value is -1.76. The zero-order valence-corrected chi connectivity index (χ0v) is 17.7. The van der Waals surface area contributed by atoms with E-state index in [1.165, 1.54) is 0 Å². The van der Waals surface area contributed by atoms with Crippen molar-refractivity contribution in [3.63, 3.8) is 0 Å². The zero-order chi connectivity index (χ0) is 20.0. The van der Waals surface area contributed by atoms with E-state index in [2.05, 4.69) is 26.6 Å². The molecule has 7 heteroatoms. The SMILES string of the molecule is CC(C)(C)OC(=O)N[C@@H](CC(Nc1ccc(Br)cc1)C1CCCC1)C(=O)O. The molecular weight excluding hydrogens is 412 g/mol. The van der Waals surface area contributed by atoms with Gasteiger partial charge in [0.25, 0.3) is 0 Å². The fourth-order valence-corrected chi connectivity index (χ4v) is 3.68. The molecule has 1 aromatic rings. The van der Waals surface area contributed by atoms with Gasteiger partial charge in [-0.1, -0.05) is 28.8 Å². The van der Waals surface area contributed by atoms with Gasteiger partial charge in [0.2, 0.25) is 0 Å². The number of alkyl carbamates (subject to hydrolysis) is 1. The third-order valence-corrected chi connectivity index (χ3v) is 5.17. The normalized spacial score (nSPS) is 17.2. The summed E-state index contributed by atoms with van der Waals surface area (Å²) in [4.78, 5) is 23.8. The molecule has 2 atom stereocenters. The molecule has 27 heavy (non-hydrogen) atoms. The van der Waals surface area contributed by atoms with Crippen LogP contribution in [0.15, 0.2) is 28.7 Å². The van der Waals surface area contributed by atoms with Gasteiger partial charge in [-0.05, 0) is 70.2 Å². The van der Waals surface area contributed by atoms with Crippen molar-refractivity contribution >= 4 is 33.7 Å². The summed E-state index contributed by atoms with van der Waals surface area (Å²) in [6, 6.07) is 6.77. The minimum absolute atomic E-state index is 0.0373. The largest absolute Gasteiger partial charge is 0.480 e. The van der Waals surface area contributed by atoms with Gasteiger partial charge in [-0.25, -0.2) is 9.59 Å². The number of rotatable bonds is 7. The molecule has 0 radical (unpaired) electrons. The first-order valence-electron chi connectivity index (χ1n) is 9.38. The Morgan fingerprint density at radius 2 is 1.81 bits per heavy atom. The first-order valence-corrected chi connectivity index (χ1v) is 10.2. The second kappa shape index (κ2) is 9.44. The number of carboxylic acids is 1. The molecule has 0 saturated heterocycles. The highest BCUT2D eigenvalue weighted by molar-refractivity contribution is 9.10. The van der Waals surface area contributed by atoms with Crippen LogP contribution in [-0.4, -0.2) is 34.9 Å². The molecule has 1 aromatic carbocycles. The molecule has 0 bridgehead atoms. The van der Waals surface area contributed by atoms with Crippen LogP contribution in [0.25, 0.3) is 0 Å². The highest BCUT2D eigenvalue weighted by Gasteiger charge is 2.32. The summed E-state index contributed by atoms with van der Waals surface area (Å²) in [6.07, 6.45) is 4.03. The Kier molecular flexibility index (Phi) is 7.53. The molecular formula is C20H29BrN2O4. The van der Waals surface area contributed by atoms with Crippen LogP contribution >= 0.6 is 15.9 Å². The Morgan fingerprint density at radius 1 is 1.22 bits per heavy atom. The van der Waals surface area contributed by atoms with E-state index >= 15 is 0 Å². The van der Waals surface area contributed by atoms with Crippen LogP contribution in [-0.2, 0) is 9.53 Å². The number of benzene rings is 1. The minimum Gasteiger partial charge on any atom is -0.480 e. The number of hydrogen-bond donors (Lipinski definition) is 3. The molecule has 1 unspecified atom stereocenters. The monoisotopic (exact) mass is 440 g/mol. The second-order valence-electron chi connectivity index (χ2n) is 8.08. The molecule has 1 saturated carbocycles. The van der Waals surface area contributed by atoms with E-state index in [0.717, 1.165) is 35.8 Å². The van der Waals surface area contributed by atoms with Gasteiger partial charge in [0, 0.05) is 16.2 Å². The first kappa shape index (κ1) is 21.5. The van der Waals surface area contributed by atoms with E-state index in [9.17, 15) is 14.7 Å². The molecule has 1 amide bonds. The molecule has 6 nitrogen and oxygen atoms in total. The predicted octanol–water partition coefficient (Wildman–Crippen LogP) is 4.79. The number of ether oxygens (including phenoxy) is 1. The predicted molar refractivity (Wildman–Crippen MR) is 109 cm³/mol. The van der Waals surface area contributed by atoms with Crippen molar-refractivity contribution in [2.24, 2.45) is 5.92 Å². The highest BCUT2D eigenvalue weighted by atomic mass is 79.9. The minimum atomic E-state index is -1.05. The summed E-state index contributed by atoms with van der Waals surface area (Å²) >= 11 is 3.42. The van der Waals surface area contributed by atoms with Crippen molar-refractivity contribution in [2.45, 2.75) is 70.6 Å². The lowest BCUT2D eigenvalue weighted by molar-refractivity contribution is -0.139. The highest BCUT2D eigenvalue weighted by Crippen LogP contribution is 2.32. The van der Waals surface area contributed by atoms with Crippen molar-refractivity contribution in [1.29, 1.82) is 0 Å². The first-order chi connectivity index (χ1) is 12.6. The third kappa shape index (κ3) is 7.40. The summed E-state index contributed by atoms with van der Waals surface area (Å²) in [7, 11) is 0. The van der Waals surface area contributed by atoms with Crippen LogP contribution in [0.2, 0.25) is 0 Å². The van der Waals surface area contributed by atoms with Crippen LogP contribution in [0, 0.1) is 5.92 Å². The maximum Gasteiger partial charge on any atom is 0.408 e. The van der Waals surface area contributed by atoms with Crippen molar-refractivity contribution in [2.75, 3.05) is 5.32 Å². The van der Waals surface area contributed by atoms with Crippen LogP contribution in [0.3, 0.4) is 0 Å². The van der Waals surface area contributed by atoms with E-state index in [1.807, 2.05) is 24.3 Å². The number of carboxylic acid groups (broad SMARTS) is 1. The number of aliphatic carboxylic acids is 1. The van der Waals surface area contributed by atoms with Crippen molar-refractivity contribution in [1.82, 2.24) is 5.32 Å². The molecule has 150 valence electrons. The fourth-order valence-electron chi connectivity index (χ4n) is 3.41. The van der Waals surface area contributed by atoms with Gasteiger partial charge in [0.15, 0.2) is 0 Å².